The van der Waals surface area contributed by atoms with Crippen molar-refractivity contribution in [2.24, 2.45) is 0 Å². The number of hydrogen-bond acceptors (Lipinski definition) is 1. The average molecular weight is 410 g/mol. The molecule has 0 aliphatic rings. The minimum absolute atomic E-state index is 0. The number of hydrogen-bond donors (Lipinski definition) is 0. The molecule has 0 aromatic heterocycles. The van der Waals surface area contributed by atoms with Crippen LogP contribution in [0.5, 0.6) is 0 Å². The third-order valence-electron chi connectivity index (χ3n) is 2.42. The first-order chi connectivity index (χ1) is 9.22. The Bertz CT molecular complexity index is 451. The first kappa shape index (κ1) is 19.6. The minimum atomic E-state index is -0.574. The van der Waals surface area contributed by atoms with Gasteiger partial charge >= 0.3 is 0 Å². The molecule has 0 unspecified atom stereocenters. The van der Waals surface area contributed by atoms with E-state index in [0.29, 0.717) is 6.54 Å². The van der Waals surface area contributed by atoms with Gasteiger partial charge in [-0.1, -0.05) is 39.9 Å². The SMILES string of the molecule is [NH-]C(=O)CC[N-]c1ccc(C#CCCCCBr)cc1.[Y]. The van der Waals surface area contributed by atoms with Gasteiger partial charge in [-0.15, -0.1) is 12.2 Å². The zero-order chi connectivity index (χ0) is 13.9. The van der Waals surface area contributed by atoms with Crippen molar-refractivity contribution in [3.05, 3.63) is 40.9 Å². The molecule has 1 aromatic carbocycles. The van der Waals surface area contributed by atoms with Gasteiger partial charge in [-0.2, -0.15) is 0 Å². The molecule has 1 radical (unpaired) electrons. The van der Waals surface area contributed by atoms with Crippen molar-refractivity contribution in [3.8, 4) is 11.8 Å². The van der Waals surface area contributed by atoms with Crippen LogP contribution in [0.25, 0.3) is 11.1 Å². The molecule has 1 aromatic rings. The van der Waals surface area contributed by atoms with E-state index in [1.54, 1.807) is 0 Å². The third kappa shape index (κ3) is 9.52. The van der Waals surface area contributed by atoms with E-state index in [-0.39, 0.29) is 39.1 Å². The Morgan fingerprint density at radius 2 is 1.95 bits per heavy atom. The molecule has 1 rings (SSSR count). The molecule has 5 heteroatoms. The van der Waals surface area contributed by atoms with Crippen LogP contribution in [-0.2, 0) is 37.5 Å². The van der Waals surface area contributed by atoms with Gasteiger partial charge in [0.05, 0.1) is 0 Å². The molecule has 0 atom stereocenters. The van der Waals surface area contributed by atoms with Gasteiger partial charge in [0.15, 0.2) is 0 Å². The summed E-state index contributed by atoms with van der Waals surface area (Å²) in [5.41, 5.74) is 8.59. The Labute approximate surface area is 154 Å². The Hall–Kier alpha value is -0.366. The molecule has 0 aliphatic carbocycles. The van der Waals surface area contributed by atoms with Crippen LogP contribution in [0.2, 0.25) is 0 Å². The summed E-state index contributed by atoms with van der Waals surface area (Å²) in [6, 6.07) is 7.63. The quantitative estimate of drug-likeness (QED) is 0.369. The van der Waals surface area contributed by atoms with Crippen LogP contribution in [0.4, 0.5) is 5.69 Å². The second-order valence-corrected chi connectivity index (χ2v) is 4.84. The number of alkyl halides is 1. The van der Waals surface area contributed by atoms with Crippen molar-refractivity contribution in [1.82, 2.24) is 0 Å². The average Bonchev–Trinajstić information content (AvgIpc) is 2.40. The molecular weight excluding hydrogens is 393 g/mol. The number of halogens is 1. The Kier molecular flexibility index (Phi) is 12.2. The fraction of sp³-hybridized carbons (Fsp3) is 0.400. The van der Waals surface area contributed by atoms with Crippen LogP contribution in [-0.4, -0.2) is 17.8 Å². The van der Waals surface area contributed by atoms with Crippen molar-refractivity contribution in [3.63, 3.8) is 0 Å². The summed E-state index contributed by atoms with van der Waals surface area (Å²) in [7, 11) is 0. The summed E-state index contributed by atoms with van der Waals surface area (Å²) in [6.07, 6.45) is 3.37. The van der Waals surface area contributed by atoms with E-state index in [1.807, 2.05) is 24.3 Å². The number of unbranched alkanes of at least 4 members (excludes halogenated alkanes) is 2. The van der Waals surface area contributed by atoms with Gasteiger partial charge in [-0.3, -0.25) is 0 Å². The summed E-state index contributed by atoms with van der Waals surface area (Å²) < 4.78 is 0. The van der Waals surface area contributed by atoms with Crippen molar-refractivity contribution < 1.29 is 37.5 Å². The monoisotopic (exact) mass is 409 g/mol. The molecule has 105 valence electrons. The predicted molar refractivity (Wildman–Crippen MR) is 82.8 cm³/mol. The summed E-state index contributed by atoms with van der Waals surface area (Å²) in [5, 5.41) is 5.25. The molecule has 1 amide bonds. The fourth-order valence-corrected chi connectivity index (χ4v) is 1.81. The summed E-state index contributed by atoms with van der Waals surface area (Å²) in [4.78, 5) is 10.5. The smallest absolute Gasteiger partial charge is 0.0472 e. The number of benzene rings is 1. The molecule has 0 spiro atoms. The molecule has 0 saturated heterocycles. The van der Waals surface area contributed by atoms with Crippen LogP contribution in [0.15, 0.2) is 24.3 Å². The van der Waals surface area contributed by atoms with Crippen LogP contribution in [0.1, 0.15) is 31.2 Å². The van der Waals surface area contributed by atoms with Crippen LogP contribution in [0.3, 0.4) is 0 Å². The van der Waals surface area contributed by atoms with E-state index in [0.717, 1.165) is 35.8 Å². The van der Waals surface area contributed by atoms with Crippen LogP contribution in [0, 0.1) is 11.8 Å². The van der Waals surface area contributed by atoms with Crippen molar-refractivity contribution in [2.45, 2.75) is 25.7 Å². The fourth-order valence-electron chi connectivity index (χ4n) is 1.41. The molecular formula is C15H17BrN2OY-2. The number of nitrogens with zero attached hydrogens (tertiary/aromatic N) is 1. The van der Waals surface area contributed by atoms with E-state index in [2.05, 4.69) is 33.1 Å². The molecule has 0 heterocycles. The van der Waals surface area contributed by atoms with Crippen molar-refractivity contribution in [1.29, 1.82) is 0 Å². The zero-order valence-electron chi connectivity index (χ0n) is 11.4. The number of nitrogens with one attached hydrogen (secondary N) is 1. The van der Waals surface area contributed by atoms with Gasteiger partial charge in [0.2, 0.25) is 0 Å². The maximum absolute atomic E-state index is 10.5. The normalized spacial score (nSPS) is 9.05. The molecule has 0 fully saturated rings. The van der Waals surface area contributed by atoms with Gasteiger partial charge < -0.3 is 15.8 Å². The van der Waals surface area contributed by atoms with Crippen LogP contribution >= 0.6 is 15.9 Å². The van der Waals surface area contributed by atoms with E-state index in [1.165, 1.54) is 0 Å². The van der Waals surface area contributed by atoms with Gasteiger partial charge in [0, 0.05) is 55.9 Å². The van der Waals surface area contributed by atoms with Crippen molar-refractivity contribution in [2.75, 3.05) is 11.9 Å². The van der Waals surface area contributed by atoms with Crippen molar-refractivity contribution >= 4 is 27.5 Å². The van der Waals surface area contributed by atoms with Gasteiger partial charge in [0.25, 0.3) is 0 Å². The molecule has 20 heavy (non-hydrogen) atoms. The summed E-state index contributed by atoms with van der Waals surface area (Å²) >= 11 is 3.39. The second kappa shape index (κ2) is 12.4. The first-order valence-corrected chi connectivity index (χ1v) is 7.41. The molecule has 1 N–H and O–H groups in total. The number of rotatable bonds is 7. The maximum Gasteiger partial charge on any atom is 0.0472 e. The van der Waals surface area contributed by atoms with Gasteiger partial charge in [0.1, 0.15) is 0 Å². The minimum Gasteiger partial charge on any atom is -0.684 e. The molecule has 3 nitrogen and oxygen atoms in total. The summed E-state index contributed by atoms with van der Waals surface area (Å²) in [5.74, 6) is 5.68. The van der Waals surface area contributed by atoms with Gasteiger partial charge in [-0.25, -0.2) is 0 Å². The zero-order valence-corrected chi connectivity index (χ0v) is 15.8. The topological polar surface area (TPSA) is 55.0 Å². The summed E-state index contributed by atoms with van der Waals surface area (Å²) in [6.45, 7) is 0.375. The van der Waals surface area contributed by atoms with E-state index in [9.17, 15) is 4.79 Å². The second-order valence-electron chi connectivity index (χ2n) is 4.05. The standard InChI is InChI=1S/C15H18BrN2O.Y/c16-11-4-2-1-3-5-13-6-8-14(9-7-13)18-12-10-15(17)19;/h6-9H,1-2,4,10-12H2,(H2,17,19);/q-1;/p-1. The predicted octanol–water partition coefficient (Wildman–Crippen LogP) is 4.57. The molecule has 0 bridgehead atoms. The van der Waals surface area contributed by atoms with E-state index < -0.39 is 5.91 Å². The van der Waals surface area contributed by atoms with E-state index >= 15 is 0 Å². The molecule has 0 aliphatic heterocycles. The number of carbonyl (C=O) groups is 1. The van der Waals surface area contributed by atoms with E-state index in [4.69, 9.17) is 5.73 Å². The van der Waals surface area contributed by atoms with Crippen LogP contribution < -0.4 is 0 Å². The Balaban J connectivity index is 0.00000361. The first-order valence-electron chi connectivity index (χ1n) is 6.29. The number of amides is 1. The largest absolute Gasteiger partial charge is 0.684 e. The number of carbonyl (C=O) groups excluding carboxylic acids is 1. The van der Waals surface area contributed by atoms with Gasteiger partial charge in [-0.05, 0) is 31.4 Å². The maximum atomic E-state index is 10.5. The Morgan fingerprint density at radius 3 is 2.55 bits per heavy atom. The third-order valence-corrected chi connectivity index (χ3v) is 2.98. The Morgan fingerprint density at radius 1 is 1.25 bits per heavy atom. The molecule has 0 saturated carbocycles.